The van der Waals surface area contributed by atoms with Crippen LogP contribution in [-0.4, -0.2) is 17.8 Å². The van der Waals surface area contributed by atoms with Crippen molar-refractivity contribution in [3.05, 3.63) is 0 Å². The molecule has 1 N–H and O–H groups in total. The van der Waals surface area contributed by atoms with E-state index in [-0.39, 0.29) is 0 Å². The first-order valence-corrected chi connectivity index (χ1v) is 8.08. The number of nitrogens with one attached hydrogen (secondary N) is 1. The molecular formula is C15H24ClNO. The van der Waals surface area contributed by atoms with Gasteiger partial charge in [-0.1, -0.05) is 12.8 Å². The van der Waals surface area contributed by atoms with Crippen LogP contribution in [-0.2, 0) is 4.79 Å². The minimum atomic E-state index is 0.332. The minimum Gasteiger partial charge on any atom is -0.356 e. The summed E-state index contributed by atoms with van der Waals surface area (Å²) >= 11 is 6.19. The molecule has 0 spiro atoms. The third-order valence-corrected chi connectivity index (χ3v) is 5.76. The quantitative estimate of drug-likeness (QED) is 0.783. The molecule has 3 aliphatic rings. The highest BCUT2D eigenvalue weighted by Gasteiger charge is 2.43. The van der Waals surface area contributed by atoms with Gasteiger partial charge in [0.2, 0.25) is 5.91 Å². The van der Waals surface area contributed by atoms with Gasteiger partial charge >= 0.3 is 0 Å². The van der Waals surface area contributed by atoms with Gasteiger partial charge in [-0.3, -0.25) is 4.79 Å². The Morgan fingerprint density at radius 1 is 1.11 bits per heavy atom. The first kappa shape index (κ1) is 12.8. The Bertz CT molecular complexity index is 320. The van der Waals surface area contributed by atoms with Crippen LogP contribution in [0.25, 0.3) is 0 Å². The number of halogens is 1. The predicted molar refractivity (Wildman–Crippen MR) is 73.5 cm³/mol. The highest BCUT2D eigenvalue weighted by molar-refractivity contribution is 6.20. The summed E-state index contributed by atoms with van der Waals surface area (Å²) in [5, 5.41) is 3.54. The summed E-state index contributed by atoms with van der Waals surface area (Å²) in [5.74, 6) is 2.83. The van der Waals surface area contributed by atoms with Gasteiger partial charge in [-0.25, -0.2) is 0 Å². The molecule has 3 rings (SSSR count). The lowest BCUT2D eigenvalue weighted by Gasteiger charge is -2.27. The molecule has 0 aromatic rings. The van der Waals surface area contributed by atoms with E-state index >= 15 is 0 Å². The lowest BCUT2D eigenvalue weighted by atomic mass is 9.87. The molecule has 0 radical (unpaired) electrons. The van der Waals surface area contributed by atoms with Gasteiger partial charge in [-0.05, 0) is 56.3 Å². The first-order chi connectivity index (χ1) is 8.72. The van der Waals surface area contributed by atoms with E-state index < -0.39 is 0 Å². The molecule has 2 nitrogen and oxygen atoms in total. The van der Waals surface area contributed by atoms with Crippen molar-refractivity contribution in [2.24, 2.45) is 23.7 Å². The standard InChI is InChI=1S/C15H24ClNO/c16-13-3-1-2-11(7-13)9-17-15(18)14-8-10-4-5-12(14)6-10/h10-14H,1-9H2,(H,17,18). The molecule has 18 heavy (non-hydrogen) atoms. The number of hydrogen-bond donors (Lipinski definition) is 1. The van der Waals surface area contributed by atoms with Crippen molar-refractivity contribution >= 4 is 17.5 Å². The number of hydrogen-bond acceptors (Lipinski definition) is 1. The molecule has 0 saturated heterocycles. The van der Waals surface area contributed by atoms with Gasteiger partial charge in [0.05, 0.1) is 0 Å². The van der Waals surface area contributed by atoms with Crippen molar-refractivity contribution in [1.29, 1.82) is 0 Å². The normalized spacial score (nSPS) is 43.1. The van der Waals surface area contributed by atoms with E-state index in [9.17, 15) is 4.79 Å². The van der Waals surface area contributed by atoms with Gasteiger partial charge in [0.25, 0.3) is 0 Å². The van der Waals surface area contributed by atoms with Gasteiger partial charge in [0, 0.05) is 17.8 Å². The Morgan fingerprint density at radius 3 is 2.67 bits per heavy atom. The highest BCUT2D eigenvalue weighted by atomic mass is 35.5. The monoisotopic (exact) mass is 269 g/mol. The third kappa shape index (κ3) is 2.68. The Balaban J connectivity index is 1.44. The van der Waals surface area contributed by atoms with E-state index in [1.165, 1.54) is 32.1 Å². The molecule has 102 valence electrons. The van der Waals surface area contributed by atoms with Crippen molar-refractivity contribution in [2.75, 3.05) is 6.54 Å². The van der Waals surface area contributed by atoms with Crippen molar-refractivity contribution in [3.8, 4) is 0 Å². The fraction of sp³-hybridized carbons (Fsp3) is 0.933. The van der Waals surface area contributed by atoms with Gasteiger partial charge in [0.1, 0.15) is 0 Å². The van der Waals surface area contributed by atoms with Crippen molar-refractivity contribution in [2.45, 2.75) is 56.7 Å². The maximum absolute atomic E-state index is 12.2. The van der Waals surface area contributed by atoms with E-state index in [2.05, 4.69) is 5.32 Å². The number of rotatable bonds is 3. The SMILES string of the molecule is O=C(NCC1CCCC(Cl)C1)C1CC2CCC1C2. The fourth-order valence-corrected chi connectivity index (χ4v) is 4.76. The Morgan fingerprint density at radius 2 is 2.00 bits per heavy atom. The Kier molecular flexibility index (Phi) is 3.83. The maximum Gasteiger partial charge on any atom is 0.223 e. The van der Waals surface area contributed by atoms with Crippen LogP contribution in [0.4, 0.5) is 0 Å². The molecule has 0 heterocycles. The second-order valence-corrected chi connectivity index (χ2v) is 7.27. The average molecular weight is 270 g/mol. The molecule has 5 unspecified atom stereocenters. The van der Waals surface area contributed by atoms with E-state index in [0.717, 1.165) is 31.7 Å². The Hall–Kier alpha value is -0.240. The third-order valence-electron chi connectivity index (χ3n) is 5.36. The largest absolute Gasteiger partial charge is 0.356 e. The number of carbonyl (C=O) groups is 1. The predicted octanol–water partition coefficient (Wildman–Crippen LogP) is 3.34. The van der Waals surface area contributed by atoms with Crippen LogP contribution in [0.2, 0.25) is 0 Å². The zero-order valence-electron chi connectivity index (χ0n) is 11.0. The topological polar surface area (TPSA) is 29.1 Å². The molecule has 5 atom stereocenters. The molecular weight excluding hydrogens is 246 g/mol. The van der Waals surface area contributed by atoms with Crippen LogP contribution in [0.15, 0.2) is 0 Å². The number of amides is 1. The molecule has 1 amide bonds. The summed E-state index contributed by atoms with van der Waals surface area (Å²) in [6.45, 7) is 0.857. The zero-order valence-corrected chi connectivity index (χ0v) is 11.8. The summed E-state index contributed by atoms with van der Waals surface area (Å²) in [6.07, 6.45) is 9.81. The molecule has 2 bridgehead atoms. The van der Waals surface area contributed by atoms with Crippen molar-refractivity contribution < 1.29 is 4.79 Å². The summed E-state index contributed by atoms with van der Waals surface area (Å²) in [4.78, 5) is 12.2. The number of carbonyl (C=O) groups excluding carboxylic acids is 1. The summed E-state index contributed by atoms with van der Waals surface area (Å²) in [7, 11) is 0. The van der Waals surface area contributed by atoms with E-state index in [4.69, 9.17) is 11.6 Å². The lowest BCUT2D eigenvalue weighted by molar-refractivity contribution is -0.126. The van der Waals surface area contributed by atoms with Crippen LogP contribution in [0.5, 0.6) is 0 Å². The Labute approximate surface area is 115 Å². The average Bonchev–Trinajstić information content (AvgIpc) is 2.98. The van der Waals surface area contributed by atoms with Crippen LogP contribution in [0.3, 0.4) is 0 Å². The molecule has 3 fully saturated rings. The van der Waals surface area contributed by atoms with Crippen LogP contribution in [0.1, 0.15) is 51.4 Å². The van der Waals surface area contributed by atoms with Crippen LogP contribution in [0, 0.1) is 23.7 Å². The molecule has 3 heteroatoms. The minimum absolute atomic E-state index is 0.332. The second kappa shape index (κ2) is 5.40. The van der Waals surface area contributed by atoms with E-state index in [1.807, 2.05) is 0 Å². The fourth-order valence-electron chi connectivity index (χ4n) is 4.35. The molecule has 0 aromatic carbocycles. The zero-order chi connectivity index (χ0) is 12.5. The summed E-state index contributed by atoms with van der Waals surface area (Å²) in [5.41, 5.74) is 0. The number of alkyl halides is 1. The van der Waals surface area contributed by atoms with Gasteiger partial charge in [-0.2, -0.15) is 0 Å². The van der Waals surface area contributed by atoms with Crippen molar-refractivity contribution in [3.63, 3.8) is 0 Å². The summed E-state index contributed by atoms with van der Waals surface area (Å²) < 4.78 is 0. The molecule has 3 aliphatic carbocycles. The van der Waals surface area contributed by atoms with E-state index in [0.29, 0.717) is 29.0 Å². The second-order valence-electron chi connectivity index (χ2n) is 6.66. The maximum atomic E-state index is 12.2. The smallest absolute Gasteiger partial charge is 0.223 e. The van der Waals surface area contributed by atoms with Crippen molar-refractivity contribution in [1.82, 2.24) is 5.32 Å². The van der Waals surface area contributed by atoms with Gasteiger partial charge in [-0.15, -0.1) is 11.6 Å². The van der Waals surface area contributed by atoms with Gasteiger partial charge < -0.3 is 5.32 Å². The lowest BCUT2D eigenvalue weighted by Crippen LogP contribution is -2.37. The van der Waals surface area contributed by atoms with Crippen LogP contribution < -0.4 is 5.32 Å². The summed E-state index contributed by atoms with van der Waals surface area (Å²) in [6, 6.07) is 0. The molecule has 3 saturated carbocycles. The first-order valence-electron chi connectivity index (χ1n) is 7.64. The van der Waals surface area contributed by atoms with E-state index in [1.54, 1.807) is 0 Å². The molecule has 0 aromatic heterocycles. The van der Waals surface area contributed by atoms with Crippen LogP contribution >= 0.6 is 11.6 Å². The number of fused-ring (bicyclic) bond motifs is 2. The van der Waals surface area contributed by atoms with Gasteiger partial charge in [0.15, 0.2) is 0 Å². The highest BCUT2D eigenvalue weighted by Crippen LogP contribution is 2.48. The molecule has 0 aliphatic heterocycles.